The molecule has 1 saturated heterocycles. The smallest absolute Gasteiger partial charge is 0.177 e. The summed E-state index contributed by atoms with van der Waals surface area (Å²) in [6.07, 6.45) is 7.09. The first-order valence-corrected chi connectivity index (χ1v) is 7.54. The number of nitrogens with zero attached hydrogens (tertiary/aromatic N) is 4. The maximum atomic E-state index is 10.0. The fourth-order valence-electron chi connectivity index (χ4n) is 2.82. The summed E-state index contributed by atoms with van der Waals surface area (Å²) in [4.78, 5) is 18.2. The highest BCUT2D eigenvalue weighted by Gasteiger charge is 2.19. The van der Waals surface area contributed by atoms with E-state index in [9.17, 15) is 5.11 Å². The van der Waals surface area contributed by atoms with Crippen molar-refractivity contribution in [2.75, 3.05) is 18.0 Å². The van der Waals surface area contributed by atoms with Gasteiger partial charge in [-0.05, 0) is 18.9 Å². The molecule has 6 nitrogen and oxygen atoms in total. The molecule has 3 aromatic rings. The molecule has 0 spiro atoms. The average molecular weight is 316 g/mol. The number of nitrogens with one attached hydrogen (secondary N) is 1. The number of aromatic amines is 1. The van der Waals surface area contributed by atoms with Crippen molar-refractivity contribution >= 4 is 28.5 Å². The lowest BCUT2D eigenvalue weighted by Gasteiger charge is -2.17. The number of fused-ring (bicyclic) bond motifs is 1. The first-order chi connectivity index (χ1) is 10.7. The van der Waals surface area contributed by atoms with Crippen molar-refractivity contribution in [2.24, 2.45) is 0 Å². The summed E-state index contributed by atoms with van der Waals surface area (Å²) < 4.78 is 0. The molecular weight excluding hydrogens is 302 g/mol. The van der Waals surface area contributed by atoms with Gasteiger partial charge in [0.05, 0.1) is 11.2 Å². The Morgan fingerprint density at radius 1 is 1.18 bits per heavy atom. The maximum Gasteiger partial charge on any atom is 0.177 e. The predicted molar refractivity (Wildman–Crippen MR) is 85.2 cm³/mol. The third-order valence-electron chi connectivity index (χ3n) is 3.89. The normalized spacial score (nSPS) is 14.9. The summed E-state index contributed by atoms with van der Waals surface area (Å²) in [5, 5.41) is 11.5. The fourth-order valence-corrected chi connectivity index (χ4v) is 2.98. The van der Waals surface area contributed by atoms with Crippen LogP contribution in [0.1, 0.15) is 12.8 Å². The second-order valence-corrected chi connectivity index (χ2v) is 5.79. The van der Waals surface area contributed by atoms with E-state index in [-0.39, 0.29) is 5.75 Å². The van der Waals surface area contributed by atoms with Crippen LogP contribution >= 0.6 is 11.6 Å². The molecule has 1 aliphatic heterocycles. The van der Waals surface area contributed by atoms with E-state index in [4.69, 9.17) is 11.6 Å². The molecule has 2 N–H and O–H groups in total. The molecule has 0 amide bonds. The van der Waals surface area contributed by atoms with Crippen molar-refractivity contribution in [1.29, 1.82) is 0 Å². The average Bonchev–Trinajstić information content (AvgIpc) is 3.17. The number of anilines is 1. The summed E-state index contributed by atoms with van der Waals surface area (Å²) in [7, 11) is 0. The molecule has 7 heteroatoms. The Hall–Kier alpha value is -2.34. The minimum Gasteiger partial charge on any atom is -0.503 e. The van der Waals surface area contributed by atoms with Crippen molar-refractivity contribution in [3.8, 4) is 17.1 Å². The van der Waals surface area contributed by atoms with Crippen molar-refractivity contribution in [1.82, 2.24) is 19.9 Å². The maximum absolute atomic E-state index is 10.0. The monoisotopic (exact) mass is 315 g/mol. The summed E-state index contributed by atoms with van der Waals surface area (Å²) in [6.45, 7) is 1.82. The zero-order chi connectivity index (χ0) is 15.1. The lowest BCUT2D eigenvalue weighted by molar-refractivity contribution is 0.469. The second-order valence-electron chi connectivity index (χ2n) is 5.35. The van der Waals surface area contributed by atoms with Crippen LogP contribution < -0.4 is 4.90 Å². The van der Waals surface area contributed by atoms with Gasteiger partial charge in [-0.2, -0.15) is 0 Å². The van der Waals surface area contributed by atoms with Gasteiger partial charge in [0.1, 0.15) is 5.65 Å². The molecule has 0 saturated carbocycles. The summed E-state index contributed by atoms with van der Waals surface area (Å²) in [5.74, 6) is 1.25. The molecule has 0 aliphatic carbocycles. The van der Waals surface area contributed by atoms with Gasteiger partial charge in [0.2, 0.25) is 0 Å². The van der Waals surface area contributed by atoms with Gasteiger partial charge in [-0.15, -0.1) is 0 Å². The summed E-state index contributed by atoms with van der Waals surface area (Å²) in [5.41, 5.74) is 1.56. The molecule has 0 radical (unpaired) electrons. The standard InChI is InChI=1S/C15H14ClN5O/c16-9-5-10-11(7-18-13(10)17-6-9)14-19-8-12(22)15(20-14)21-3-1-2-4-21/h5-8,22H,1-4H2,(H,17,18). The molecule has 0 unspecified atom stereocenters. The Labute approximate surface area is 131 Å². The number of pyridine rings is 1. The Morgan fingerprint density at radius 2 is 2.00 bits per heavy atom. The van der Waals surface area contributed by atoms with Crippen LogP contribution in [0.4, 0.5) is 5.82 Å². The van der Waals surface area contributed by atoms with E-state index in [1.807, 2.05) is 12.3 Å². The molecule has 0 atom stereocenters. The highest BCUT2D eigenvalue weighted by atomic mass is 35.5. The quantitative estimate of drug-likeness (QED) is 0.760. The Balaban J connectivity index is 1.84. The topological polar surface area (TPSA) is 77.9 Å². The third-order valence-corrected chi connectivity index (χ3v) is 4.10. The van der Waals surface area contributed by atoms with Crippen LogP contribution in [0.5, 0.6) is 5.75 Å². The molecule has 3 aromatic heterocycles. The van der Waals surface area contributed by atoms with E-state index in [0.717, 1.165) is 42.5 Å². The predicted octanol–water partition coefficient (Wildman–Crippen LogP) is 2.98. The molecule has 112 valence electrons. The van der Waals surface area contributed by atoms with Crippen molar-refractivity contribution in [3.63, 3.8) is 0 Å². The molecule has 0 aromatic carbocycles. The minimum absolute atomic E-state index is 0.113. The number of hydrogen-bond donors (Lipinski definition) is 2. The number of H-pyrrole nitrogens is 1. The van der Waals surface area contributed by atoms with E-state index < -0.39 is 0 Å². The van der Waals surface area contributed by atoms with Crippen LogP contribution in [0.15, 0.2) is 24.7 Å². The van der Waals surface area contributed by atoms with Crippen molar-refractivity contribution in [3.05, 3.63) is 29.7 Å². The van der Waals surface area contributed by atoms with Crippen LogP contribution in [0.3, 0.4) is 0 Å². The van der Waals surface area contributed by atoms with E-state index in [2.05, 4.69) is 24.8 Å². The SMILES string of the molecule is Oc1cnc(-c2c[nH]c3ncc(Cl)cc23)nc1N1CCCC1. The van der Waals surface area contributed by atoms with Gasteiger partial charge < -0.3 is 15.0 Å². The van der Waals surface area contributed by atoms with Crippen LogP contribution in [0.2, 0.25) is 5.02 Å². The van der Waals surface area contributed by atoms with Gasteiger partial charge in [0, 0.05) is 36.4 Å². The molecule has 4 heterocycles. The van der Waals surface area contributed by atoms with Crippen molar-refractivity contribution < 1.29 is 5.11 Å². The molecule has 1 aliphatic rings. The highest BCUT2D eigenvalue weighted by molar-refractivity contribution is 6.31. The van der Waals surface area contributed by atoms with E-state index in [1.165, 1.54) is 6.20 Å². The molecule has 1 fully saturated rings. The van der Waals surface area contributed by atoms with Gasteiger partial charge in [-0.1, -0.05) is 11.6 Å². The van der Waals surface area contributed by atoms with Crippen LogP contribution in [0.25, 0.3) is 22.4 Å². The minimum atomic E-state index is 0.113. The molecule has 0 bridgehead atoms. The van der Waals surface area contributed by atoms with Crippen LogP contribution in [-0.4, -0.2) is 38.1 Å². The lowest BCUT2D eigenvalue weighted by Crippen LogP contribution is -2.19. The first kappa shape index (κ1) is 13.3. The number of aromatic nitrogens is 4. The van der Waals surface area contributed by atoms with Gasteiger partial charge in [-0.25, -0.2) is 15.0 Å². The van der Waals surface area contributed by atoms with Gasteiger partial charge >= 0.3 is 0 Å². The molecule has 22 heavy (non-hydrogen) atoms. The molecular formula is C15H14ClN5O. The highest BCUT2D eigenvalue weighted by Crippen LogP contribution is 2.32. The summed E-state index contributed by atoms with van der Waals surface area (Å²) in [6, 6.07) is 1.83. The fraction of sp³-hybridized carbons (Fsp3) is 0.267. The van der Waals surface area contributed by atoms with Gasteiger partial charge in [0.15, 0.2) is 17.4 Å². The van der Waals surface area contributed by atoms with Gasteiger partial charge in [-0.3, -0.25) is 0 Å². The summed E-state index contributed by atoms with van der Waals surface area (Å²) >= 11 is 6.03. The van der Waals surface area contributed by atoms with Gasteiger partial charge in [0.25, 0.3) is 0 Å². The second kappa shape index (κ2) is 5.14. The van der Waals surface area contributed by atoms with Crippen molar-refractivity contribution in [2.45, 2.75) is 12.8 Å². The Kier molecular flexibility index (Phi) is 3.11. The van der Waals surface area contributed by atoms with E-state index in [0.29, 0.717) is 16.7 Å². The number of hydrogen-bond acceptors (Lipinski definition) is 5. The van der Waals surface area contributed by atoms with Crippen LogP contribution in [-0.2, 0) is 0 Å². The van der Waals surface area contributed by atoms with E-state index >= 15 is 0 Å². The Morgan fingerprint density at radius 3 is 2.82 bits per heavy atom. The zero-order valence-corrected chi connectivity index (χ0v) is 12.5. The zero-order valence-electron chi connectivity index (χ0n) is 11.8. The third kappa shape index (κ3) is 2.16. The molecule has 4 rings (SSSR count). The number of halogens is 1. The largest absolute Gasteiger partial charge is 0.503 e. The Bertz CT molecular complexity index is 841. The number of rotatable bonds is 2. The first-order valence-electron chi connectivity index (χ1n) is 7.16. The lowest BCUT2D eigenvalue weighted by atomic mass is 10.2. The van der Waals surface area contributed by atoms with E-state index in [1.54, 1.807) is 6.20 Å². The number of aromatic hydroxyl groups is 1. The van der Waals surface area contributed by atoms with Crippen LogP contribution in [0, 0.1) is 0 Å².